The van der Waals surface area contributed by atoms with E-state index in [4.69, 9.17) is 11.6 Å². The Bertz CT molecular complexity index is 388. The molecule has 2 rings (SSSR count). The van der Waals surface area contributed by atoms with E-state index in [1.807, 2.05) is 0 Å². The van der Waals surface area contributed by atoms with Gasteiger partial charge >= 0.3 is 0 Å². The molecule has 0 bridgehead atoms. The summed E-state index contributed by atoms with van der Waals surface area (Å²) >= 11 is 6.37. The van der Waals surface area contributed by atoms with Gasteiger partial charge < -0.3 is 10.2 Å². The molecule has 1 aliphatic rings. The van der Waals surface area contributed by atoms with Gasteiger partial charge in [-0.25, -0.2) is 0 Å². The van der Waals surface area contributed by atoms with Crippen molar-refractivity contribution >= 4 is 17.3 Å². The molecule has 2 nitrogen and oxygen atoms in total. The summed E-state index contributed by atoms with van der Waals surface area (Å²) in [4.78, 5) is 2.30. The molecule has 1 saturated carbocycles. The highest BCUT2D eigenvalue weighted by Gasteiger charge is 2.27. The van der Waals surface area contributed by atoms with E-state index in [1.165, 1.54) is 18.4 Å². The second-order valence-corrected chi connectivity index (χ2v) is 5.24. The molecule has 1 unspecified atom stereocenters. The lowest BCUT2D eigenvalue weighted by atomic mass is 10.1. The van der Waals surface area contributed by atoms with Crippen LogP contribution in [0.1, 0.15) is 38.3 Å². The van der Waals surface area contributed by atoms with Crippen LogP contribution in [0.15, 0.2) is 18.2 Å². The maximum Gasteiger partial charge on any atom is 0.0642 e. The van der Waals surface area contributed by atoms with Crippen molar-refractivity contribution in [2.24, 2.45) is 0 Å². The molecule has 1 fully saturated rings. The molecule has 0 heterocycles. The van der Waals surface area contributed by atoms with Crippen molar-refractivity contribution in [3.63, 3.8) is 0 Å². The van der Waals surface area contributed by atoms with Crippen LogP contribution in [-0.4, -0.2) is 19.6 Å². The molecule has 1 N–H and O–H groups in total. The van der Waals surface area contributed by atoms with E-state index >= 15 is 0 Å². The highest BCUT2D eigenvalue weighted by molar-refractivity contribution is 6.33. The van der Waals surface area contributed by atoms with Gasteiger partial charge in [0.25, 0.3) is 0 Å². The van der Waals surface area contributed by atoms with Crippen molar-refractivity contribution in [1.82, 2.24) is 5.32 Å². The summed E-state index contributed by atoms with van der Waals surface area (Å²) in [6.07, 6.45) is 2.59. The molecule has 1 aromatic rings. The number of nitrogens with one attached hydrogen (secondary N) is 1. The molecule has 1 aromatic carbocycles. The lowest BCUT2D eigenvalue weighted by molar-refractivity contribution is 0.598. The van der Waals surface area contributed by atoms with Gasteiger partial charge in [-0.3, -0.25) is 0 Å². The van der Waals surface area contributed by atoms with Gasteiger partial charge in [0.05, 0.1) is 10.7 Å². The summed E-state index contributed by atoms with van der Waals surface area (Å²) in [6, 6.07) is 7.46. The lowest BCUT2D eigenvalue weighted by Crippen LogP contribution is -2.21. The summed E-state index contributed by atoms with van der Waals surface area (Å²) in [5.41, 5.74) is 2.41. The van der Waals surface area contributed by atoms with Crippen LogP contribution in [0.2, 0.25) is 5.02 Å². The highest BCUT2D eigenvalue weighted by atomic mass is 35.5. The van der Waals surface area contributed by atoms with Crippen LogP contribution in [0.3, 0.4) is 0 Å². The Morgan fingerprint density at radius 3 is 2.71 bits per heavy atom. The molecule has 0 aliphatic heterocycles. The van der Waals surface area contributed by atoms with E-state index in [0.29, 0.717) is 12.1 Å². The Kier molecular flexibility index (Phi) is 3.95. The molecule has 94 valence electrons. The number of anilines is 1. The molecule has 0 aromatic heterocycles. The first-order chi connectivity index (χ1) is 8.13. The van der Waals surface area contributed by atoms with E-state index in [0.717, 1.165) is 17.3 Å². The van der Waals surface area contributed by atoms with Gasteiger partial charge in [0.1, 0.15) is 0 Å². The Morgan fingerprint density at radius 2 is 2.18 bits per heavy atom. The summed E-state index contributed by atoms with van der Waals surface area (Å²) in [7, 11) is 2.13. The maximum atomic E-state index is 6.37. The molecule has 3 heteroatoms. The molecule has 0 amide bonds. The predicted octanol–water partition coefficient (Wildman–Crippen LogP) is 3.61. The number of hydrogen-bond acceptors (Lipinski definition) is 2. The van der Waals surface area contributed by atoms with Gasteiger partial charge in [-0.15, -0.1) is 0 Å². The SMILES string of the molecule is CCNC(C)c1ccc(N(C)C2CC2)c(Cl)c1. The summed E-state index contributed by atoms with van der Waals surface area (Å²) < 4.78 is 0. The first-order valence-corrected chi connectivity index (χ1v) is 6.77. The minimum absolute atomic E-state index is 0.359. The van der Waals surface area contributed by atoms with Crippen LogP contribution >= 0.6 is 11.6 Å². The van der Waals surface area contributed by atoms with Crippen LogP contribution < -0.4 is 10.2 Å². The first kappa shape index (κ1) is 12.7. The van der Waals surface area contributed by atoms with Crippen LogP contribution in [0.4, 0.5) is 5.69 Å². The highest BCUT2D eigenvalue weighted by Crippen LogP contribution is 2.35. The fourth-order valence-electron chi connectivity index (χ4n) is 2.16. The topological polar surface area (TPSA) is 15.3 Å². The van der Waals surface area contributed by atoms with E-state index in [-0.39, 0.29) is 0 Å². The molecular weight excluding hydrogens is 232 g/mol. The number of halogens is 1. The van der Waals surface area contributed by atoms with Crippen molar-refractivity contribution in [1.29, 1.82) is 0 Å². The van der Waals surface area contributed by atoms with Crippen molar-refractivity contribution in [2.75, 3.05) is 18.5 Å². The van der Waals surface area contributed by atoms with E-state index in [9.17, 15) is 0 Å². The van der Waals surface area contributed by atoms with E-state index in [2.05, 4.69) is 49.3 Å². The van der Waals surface area contributed by atoms with Crippen LogP contribution in [0.5, 0.6) is 0 Å². The van der Waals surface area contributed by atoms with Crippen molar-refractivity contribution < 1.29 is 0 Å². The van der Waals surface area contributed by atoms with Crippen molar-refractivity contribution in [3.8, 4) is 0 Å². The molecular formula is C14H21ClN2. The summed E-state index contributed by atoms with van der Waals surface area (Å²) in [6.45, 7) is 5.26. The van der Waals surface area contributed by atoms with Gasteiger partial charge in [0.15, 0.2) is 0 Å². The number of hydrogen-bond donors (Lipinski definition) is 1. The average molecular weight is 253 g/mol. The molecule has 0 radical (unpaired) electrons. The van der Waals surface area contributed by atoms with Crippen molar-refractivity contribution in [2.45, 2.75) is 38.8 Å². The van der Waals surface area contributed by atoms with Gasteiger partial charge in [-0.2, -0.15) is 0 Å². The zero-order chi connectivity index (χ0) is 12.4. The third kappa shape index (κ3) is 2.93. The molecule has 0 saturated heterocycles. The van der Waals surface area contributed by atoms with Crippen LogP contribution in [0, 0.1) is 0 Å². The maximum absolute atomic E-state index is 6.37. The van der Waals surface area contributed by atoms with E-state index < -0.39 is 0 Å². The van der Waals surface area contributed by atoms with Gasteiger partial charge in [0, 0.05) is 19.1 Å². The van der Waals surface area contributed by atoms with Gasteiger partial charge in [-0.1, -0.05) is 24.6 Å². The number of nitrogens with zero attached hydrogens (tertiary/aromatic N) is 1. The summed E-state index contributed by atoms with van der Waals surface area (Å²) in [5, 5.41) is 4.26. The quantitative estimate of drug-likeness (QED) is 0.861. The third-order valence-electron chi connectivity index (χ3n) is 3.46. The average Bonchev–Trinajstić information content (AvgIpc) is 3.12. The molecule has 0 spiro atoms. The Hall–Kier alpha value is -0.730. The lowest BCUT2D eigenvalue weighted by Gasteiger charge is -2.21. The predicted molar refractivity (Wildman–Crippen MR) is 75.0 cm³/mol. The van der Waals surface area contributed by atoms with E-state index in [1.54, 1.807) is 0 Å². The van der Waals surface area contributed by atoms with Gasteiger partial charge in [0.2, 0.25) is 0 Å². The molecule has 17 heavy (non-hydrogen) atoms. The number of benzene rings is 1. The first-order valence-electron chi connectivity index (χ1n) is 6.39. The third-order valence-corrected chi connectivity index (χ3v) is 3.76. The second kappa shape index (κ2) is 5.28. The van der Waals surface area contributed by atoms with Crippen LogP contribution in [0.25, 0.3) is 0 Å². The standard InChI is InChI=1S/C14H21ClN2/c1-4-16-10(2)11-5-8-14(13(15)9-11)17(3)12-6-7-12/h5,8-10,12,16H,4,6-7H2,1-3H3. The Balaban J connectivity index is 2.15. The monoisotopic (exact) mass is 252 g/mol. The largest absolute Gasteiger partial charge is 0.370 e. The molecule has 1 aliphatic carbocycles. The fraction of sp³-hybridized carbons (Fsp3) is 0.571. The Morgan fingerprint density at radius 1 is 1.47 bits per heavy atom. The normalized spacial score (nSPS) is 16.9. The van der Waals surface area contributed by atoms with Crippen LogP contribution in [-0.2, 0) is 0 Å². The van der Waals surface area contributed by atoms with Gasteiger partial charge in [-0.05, 0) is 44.0 Å². The summed E-state index contributed by atoms with van der Waals surface area (Å²) in [5.74, 6) is 0. The Labute approximate surface area is 109 Å². The minimum atomic E-state index is 0.359. The van der Waals surface area contributed by atoms with Crippen molar-refractivity contribution in [3.05, 3.63) is 28.8 Å². The minimum Gasteiger partial charge on any atom is -0.370 e. The smallest absolute Gasteiger partial charge is 0.0642 e. The zero-order valence-corrected chi connectivity index (χ0v) is 11.6. The zero-order valence-electron chi connectivity index (χ0n) is 10.8. The molecule has 1 atom stereocenters. The number of rotatable bonds is 5. The fourth-order valence-corrected chi connectivity index (χ4v) is 2.48. The second-order valence-electron chi connectivity index (χ2n) is 4.83.